The van der Waals surface area contributed by atoms with Crippen molar-refractivity contribution in [2.24, 2.45) is 5.84 Å². The van der Waals surface area contributed by atoms with Crippen molar-refractivity contribution in [3.63, 3.8) is 0 Å². The van der Waals surface area contributed by atoms with E-state index in [1.54, 1.807) is 24.5 Å². The van der Waals surface area contributed by atoms with E-state index in [1.165, 1.54) is 12.3 Å². The standard InChI is InChI=1S/C11H10BrFN4/c12-7-2-1-3-8(13)10(7)11(17-14)9-6-15-4-5-16-9/h1-6,11,17H,14H2. The van der Waals surface area contributed by atoms with Crippen molar-refractivity contribution in [3.05, 3.63) is 58.3 Å². The van der Waals surface area contributed by atoms with Crippen LogP contribution < -0.4 is 11.3 Å². The van der Waals surface area contributed by atoms with Crippen molar-refractivity contribution in [1.29, 1.82) is 0 Å². The van der Waals surface area contributed by atoms with E-state index in [0.29, 0.717) is 15.7 Å². The predicted molar refractivity (Wildman–Crippen MR) is 65.3 cm³/mol. The highest BCUT2D eigenvalue weighted by atomic mass is 79.9. The maximum absolute atomic E-state index is 13.8. The molecule has 0 amide bonds. The lowest BCUT2D eigenvalue weighted by Gasteiger charge is -2.17. The van der Waals surface area contributed by atoms with E-state index >= 15 is 0 Å². The molecule has 1 heterocycles. The van der Waals surface area contributed by atoms with Gasteiger partial charge in [-0.3, -0.25) is 15.8 Å². The maximum Gasteiger partial charge on any atom is 0.129 e. The summed E-state index contributed by atoms with van der Waals surface area (Å²) in [6.45, 7) is 0. The second kappa shape index (κ2) is 5.31. The van der Waals surface area contributed by atoms with E-state index in [4.69, 9.17) is 5.84 Å². The highest BCUT2D eigenvalue weighted by Gasteiger charge is 2.20. The monoisotopic (exact) mass is 296 g/mol. The first-order valence-electron chi connectivity index (χ1n) is 4.90. The van der Waals surface area contributed by atoms with Crippen molar-refractivity contribution in [3.8, 4) is 0 Å². The Hall–Kier alpha value is -1.37. The molecule has 0 aliphatic carbocycles. The largest absolute Gasteiger partial charge is 0.271 e. The number of hydrogen-bond donors (Lipinski definition) is 2. The van der Waals surface area contributed by atoms with E-state index in [-0.39, 0.29) is 5.82 Å². The Morgan fingerprint density at radius 1 is 1.35 bits per heavy atom. The van der Waals surface area contributed by atoms with Gasteiger partial charge in [0.15, 0.2) is 0 Å². The van der Waals surface area contributed by atoms with Crippen LogP contribution in [0.2, 0.25) is 0 Å². The third kappa shape index (κ3) is 2.49. The van der Waals surface area contributed by atoms with Crippen molar-refractivity contribution in [2.75, 3.05) is 0 Å². The van der Waals surface area contributed by atoms with Gasteiger partial charge in [-0.2, -0.15) is 0 Å². The minimum absolute atomic E-state index is 0.354. The molecule has 0 saturated heterocycles. The first-order valence-corrected chi connectivity index (χ1v) is 5.69. The smallest absolute Gasteiger partial charge is 0.129 e. The molecule has 0 fully saturated rings. The molecule has 1 atom stereocenters. The Bertz CT molecular complexity index is 486. The number of nitrogens with zero attached hydrogens (tertiary/aromatic N) is 2. The summed E-state index contributed by atoms with van der Waals surface area (Å²) < 4.78 is 14.4. The maximum atomic E-state index is 13.8. The van der Waals surface area contributed by atoms with Crippen LogP contribution in [-0.2, 0) is 0 Å². The van der Waals surface area contributed by atoms with E-state index in [9.17, 15) is 4.39 Å². The van der Waals surface area contributed by atoms with Gasteiger partial charge in [-0.15, -0.1) is 0 Å². The number of rotatable bonds is 3. The Labute approximate surface area is 106 Å². The summed E-state index contributed by atoms with van der Waals surface area (Å²) in [6.07, 6.45) is 4.63. The predicted octanol–water partition coefficient (Wildman–Crippen LogP) is 1.93. The van der Waals surface area contributed by atoms with Crippen LogP contribution >= 0.6 is 15.9 Å². The summed E-state index contributed by atoms with van der Waals surface area (Å²) >= 11 is 3.30. The fourth-order valence-corrected chi connectivity index (χ4v) is 2.13. The number of hydrogen-bond acceptors (Lipinski definition) is 4. The molecule has 0 bridgehead atoms. The van der Waals surface area contributed by atoms with Crippen molar-refractivity contribution >= 4 is 15.9 Å². The molecule has 0 spiro atoms. The zero-order valence-corrected chi connectivity index (χ0v) is 10.4. The van der Waals surface area contributed by atoms with Gasteiger partial charge >= 0.3 is 0 Å². The Morgan fingerprint density at radius 3 is 2.76 bits per heavy atom. The Balaban J connectivity index is 2.50. The molecule has 1 unspecified atom stereocenters. The van der Waals surface area contributed by atoms with Gasteiger partial charge < -0.3 is 0 Å². The molecule has 2 rings (SSSR count). The van der Waals surface area contributed by atoms with Gasteiger partial charge in [-0.05, 0) is 12.1 Å². The van der Waals surface area contributed by atoms with Crippen LogP contribution in [0.4, 0.5) is 4.39 Å². The second-order valence-corrected chi connectivity index (χ2v) is 4.22. The summed E-state index contributed by atoms with van der Waals surface area (Å²) in [7, 11) is 0. The zero-order chi connectivity index (χ0) is 12.3. The normalized spacial score (nSPS) is 12.4. The molecule has 0 radical (unpaired) electrons. The average molecular weight is 297 g/mol. The van der Waals surface area contributed by atoms with E-state index in [2.05, 4.69) is 31.3 Å². The van der Waals surface area contributed by atoms with Gasteiger partial charge in [0, 0.05) is 22.4 Å². The first-order chi connectivity index (χ1) is 8.24. The number of nitrogens with one attached hydrogen (secondary N) is 1. The Kier molecular flexibility index (Phi) is 3.78. The minimum Gasteiger partial charge on any atom is -0.271 e. The molecule has 6 heteroatoms. The molecule has 0 aliphatic rings. The van der Waals surface area contributed by atoms with Crippen LogP contribution in [0.15, 0.2) is 41.3 Å². The van der Waals surface area contributed by atoms with Crippen LogP contribution in [0.3, 0.4) is 0 Å². The SMILES string of the molecule is NNC(c1cnccn1)c1c(F)cccc1Br. The van der Waals surface area contributed by atoms with Crippen molar-refractivity contribution in [2.45, 2.75) is 6.04 Å². The minimum atomic E-state index is -0.542. The third-order valence-corrected chi connectivity index (χ3v) is 3.03. The van der Waals surface area contributed by atoms with Gasteiger partial charge in [0.05, 0.1) is 17.9 Å². The molecular formula is C11H10BrFN4. The van der Waals surface area contributed by atoms with Crippen LogP contribution in [-0.4, -0.2) is 9.97 Å². The van der Waals surface area contributed by atoms with E-state index in [0.717, 1.165) is 0 Å². The summed E-state index contributed by atoms with van der Waals surface area (Å²) in [6, 6.07) is 4.20. The number of aromatic nitrogens is 2. The summed E-state index contributed by atoms with van der Waals surface area (Å²) in [5.74, 6) is 5.12. The number of halogens is 2. The zero-order valence-electron chi connectivity index (χ0n) is 8.77. The molecule has 17 heavy (non-hydrogen) atoms. The van der Waals surface area contributed by atoms with E-state index < -0.39 is 6.04 Å². The Morgan fingerprint density at radius 2 is 2.18 bits per heavy atom. The van der Waals surface area contributed by atoms with Crippen LogP contribution in [0, 0.1) is 5.82 Å². The number of nitrogens with two attached hydrogens (primary N) is 1. The topological polar surface area (TPSA) is 63.8 Å². The molecular weight excluding hydrogens is 287 g/mol. The molecule has 4 nitrogen and oxygen atoms in total. The highest BCUT2D eigenvalue weighted by Crippen LogP contribution is 2.29. The molecule has 1 aromatic heterocycles. The fourth-order valence-electron chi connectivity index (χ4n) is 1.56. The molecule has 0 saturated carbocycles. The van der Waals surface area contributed by atoms with Crippen molar-refractivity contribution < 1.29 is 4.39 Å². The lowest BCUT2D eigenvalue weighted by molar-refractivity contribution is 0.549. The summed E-state index contributed by atoms with van der Waals surface area (Å²) in [5, 5.41) is 0. The van der Waals surface area contributed by atoms with Crippen LogP contribution in [0.5, 0.6) is 0 Å². The summed E-state index contributed by atoms with van der Waals surface area (Å²) in [4.78, 5) is 8.06. The average Bonchev–Trinajstić information content (AvgIpc) is 2.35. The van der Waals surface area contributed by atoms with Gasteiger partial charge in [0.1, 0.15) is 5.82 Å². The third-order valence-electron chi connectivity index (χ3n) is 2.33. The first kappa shape index (κ1) is 12.1. The van der Waals surface area contributed by atoms with Gasteiger partial charge in [-0.25, -0.2) is 9.82 Å². The molecule has 1 aromatic carbocycles. The lowest BCUT2D eigenvalue weighted by atomic mass is 10.0. The van der Waals surface area contributed by atoms with Crippen LogP contribution in [0.1, 0.15) is 17.3 Å². The van der Waals surface area contributed by atoms with Gasteiger partial charge in [0.2, 0.25) is 0 Å². The second-order valence-electron chi connectivity index (χ2n) is 3.37. The summed E-state index contributed by atoms with van der Waals surface area (Å²) in [5.41, 5.74) is 3.51. The highest BCUT2D eigenvalue weighted by molar-refractivity contribution is 9.10. The fraction of sp³-hybridized carbons (Fsp3) is 0.0909. The molecule has 88 valence electrons. The number of benzene rings is 1. The van der Waals surface area contributed by atoms with Gasteiger partial charge in [0.25, 0.3) is 0 Å². The molecule has 3 N–H and O–H groups in total. The lowest BCUT2D eigenvalue weighted by Crippen LogP contribution is -2.30. The van der Waals surface area contributed by atoms with E-state index in [1.807, 2.05) is 0 Å². The molecule has 2 aromatic rings. The van der Waals surface area contributed by atoms with Crippen LogP contribution in [0.25, 0.3) is 0 Å². The van der Waals surface area contributed by atoms with Gasteiger partial charge in [-0.1, -0.05) is 22.0 Å². The number of hydrazine groups is 1. The quantitative estimate of drug-likeness (QED) is 0.671. The van der Waals surface area contributed by atoms with Crippen molar-refractivity contribution in [1.82, 2.24) is 15.4 Å². The molecule has 0 aliphatic heterocycles.